The summed E-state index contributed by atoms with van der Waals surface area (Å²) < 4.78 is 0. The Kier molecular flexibility index (Phi) is 3.21. The third-order valence-electron chi connectivity index (χ3n) is 5.20. The Bertz CT molecular complexity index is 241. The fraction of sp³-hybridized carbons (Fsp3) is 1.00. The SMILES string of the molecule is NC1CCC(CN2CCC3CCCCC32)C1. The van der Waals surface area contributed by atoms with E-state index in [2.05, 4.69) is 4.90 Å². The van der Waals surface area contributed by atoms with E-state index in [0.29, 0.717) is 6.04 Å². The summed E-state index contributed by atoms with van der Waals surface area (Å²) in [7, 11) is 0. The summed E-state index contributed by atoms with van der Waals surface area (Å²) in [4.78, 5) is 2.81. The molecule has 1 aliphatic heterocycles. The average molecular weight is 222 g/mol. The van der Waals surface area contributed by atoms with Crippen LogP contribution in [-0.4, -0.2) is 30.1 Å². The summed E-state index contributed by atoms with van der Waals surface area (Å²) in [5.74, 6) is 1.96. The van der Waals surface area contributed by atoms with Crippen LogP contribution in [0.2, 0.25) is 0 Å². The van der Waals surface area contributed by atoms with Crippen LogP contribution in [0.3, 0.4) is 0 Å². The second-order valence-electron chi connectivity index (χ2n) is 6.33. The van der Waals surface area contributed by atoms with E-state index in [1.165, 1.54) is 64.5 Å². The molecule has 92 valence electrons. The number of hydrogen-bond donors (Lipinski definition) is 1. The lowest BCUT2D eigenvalue weighted by atomic mass is 9.85. The average Bonchev–Trinajstić information content (AvgIpc) is 2.87. The fourth-order valence-electron chi connectivity index (χ4n) is 4.34. The van der Waals surface area contributed by atoms with Gasteiger partial charge in [-0.25, -0.2) is 0 Å². The lowest BCUT2D eigenvalue weighted by Gasteiger charge is -2.33. The first-order valence-electron chi connectivity index (χ1n) is 7.32. The molecule has 3 aliphatic rings. The van der Waals surface area contributed by atoms with Gasteiger partial charge in [0.2, 0.25) is 0 Å². The zero-order chi connectivity index (χ0) is 11.0. The molecule has 2 saturated carbocycles. The highest BCUT2D eigenvalue weighted by molar-refractivity contribution is 4.91. The summed E-state index contributed by atoms with van der Waals surface area (Å²) in [6.07, 6.45) is 11.4. The smallest absolute Gasteiger partial charge is 0.0124 e. The predicted molar refractivity (Wildman–Crippen MR) is 67.3 cm³/mol. The van der Waals surface area contributed by atoms with Crippen molar-refractivity contribution in [1.29, 1.82) is 0 Å². The number of fused-ring (bicyclic) bond motifs is 1. The first kappa shape index (κ1) is 11.0. The van der Waals surface area contributed by atoms with Crippen molar-refractivity contribution in [3.63, 3.8) is 0 Å². The van der Waals surface area contributed by atoms with Gasteiger partial charge in [-0.05, 0) is 56.9 Å². The van der Waals surface area contributed by atoms with Gasteiger partial charge < -0.3 is 5.73 Å². The molecule has 4 atom stereocenters. The van der Waals surface area contributed by atoms with Gasteiger partial charge in [-0.3, -0.25) is 4.90 Å². The van der Waals surface area contributed by atoms with Crippen LogP contribution in [0.25, 0.3) is 0 Å². The minimum atomic E-state index is 0.509. The molecule has 0 amide bonds. The maximum absolute atomic E-state index is 6.01. The van der Waals surface area contributed by atoms with Crippen LogP contribution in [0.15, 0.2) is 0 Å². The molecule has 0 aromatic rings. The number of rotatable bonds is 2. The molecular weight excluding hydrogens is 196 g/mol. The number of nitrogens with two attached hydrogens (primary N) is 1. The van der Waals surface area contributed by atoms with Crippen molar-refractivity contribution < 1.29 is 0 Å². The molecule has 2 heteroatoms. The van der Waals surface area contributed by atoms with Crippen LogP contribution in [0, 0.1) is 11.8 Å². The molecule has 16 heavy (non-hydrogen) atoms. The van der Waals surface area contributed by atoms with E-state index in [9.17, 15) is 0 Å². The van der Waals surface area contributed by atoms with Gasteiger partial charge in [-0.2, -0.15) is 0 Å². The Balaban J connectivity index is 1.55. The molecule has 2 nitrogen and oxygen atoms in total. The van der Waals surface area contributed by atoms with E-state index >= 15 is 0 Å². The predicted octanol–water partition coefficient (Wildman–Crippen LogP) is 2.38. The van der Waals surface area contributed by atoms with Gasteiger partial charge in [-0.15, -0.1) is 0 Å². The van der Waals surface area contributed by atoms with Crippen LogP contribution >= 0.6 is 0 Å². The van der Waals surface area contributed by atoms with Gasteiger partial charge >= 0.3 is 0 Å². The van der Waals surface area contributed by atoms with E-state index < -0.39 is 0 Å². The highest BCUT2D eigenvalue weighted by Gasteiger charge is 2.37. The first-order chi connectivity index (χ1) is 7.83. The van der Waals surface area contributed by atoms with Gasteiger partial charge in [0.05, 0.1) is 0 Å². The Morgan fingerprint density at radius 2 is 1.88 bits per heavy atom. The van der Waals surface area contributed by atoms with Crippen molar-refractivity contribution in [2.75, 3.05) is 13.1 Å². The molecule has 1 saturated heterocycles. The lowest BCUT2D eigenvalue weighted by Crippen LogP contribution is -2.37. The quantitative estimate of drug-likeness (QED) is 0.777. The standard InChI is InChI=1S/C14H26N2/c15-13-6-5-11(9-13)10-16-8-7-12-3-1-2-4-14(12)16/h11-14H,1-10,15H2. The van der Waals surface area contributed by atoms with Gasteiger partial charge in [-0.1, -0.05) is 12.8 Å². The van der Waals surface area contributed by atoms with E-state index in [4.69, 9.17) is 5.73 Å². The highest BCUT2D eigenvalue weighted by Crippen LogP contribution is 2.37. The van der Waals surface area contributed by atoms with Crippen LogP contribution in [0.1, 0.15) is 51.4 Å². The molecule has 4 unspecified atom stereocenters. The summed E-state index contributed by atoms with van der Waals surface area (Å²) in [5, 5.41) is 0. The Morgan fingerprint density at radius 3 is 2.69 bits per heavy atom. The van der Waals surface area contributed by atoms with Gasteiger partial charge in [0.25, 0.3) is 0 Å². The lowest BCUT2D eigenvalue weighted by molar-refractivity contribution is 0.160. The molecule has 2 aliphatic carbocycles. The summed E-state index contributed by atoms with van der Waals surface area (Å²) in [6, 6.07) is 1.46. The molecule has 3 fully saturated rings. The normalized spacial score (nSPS) is 44.8. The Hall–Kier alpha value is -0.0800. The van der Waals surface area contributed by atoms with Crippen molar-refractivity contribution in [2.45, 2.75) is 63.5 Å². The van der Waals surface area contributed by atoms with Crippen LogP contribution in [0.5, 0.6) is 0 Å². The number of nitrogens with zero attached hydrogens (tertiary/aromatic N) is 1. The minimum absolute atomic E-state index is 0.509. The van der Waals surface area contributed by atoms with Crippen molar-refractivity contribution >= 4 is 0 Å². The first-order valence-corrected chi connectivity index (χ1v) is 7.32. The van der Waals surface area contributed by atoms with Crippen LogP contribution in [-0.2, 0) is 0 Å². The van der Waals surface area contributed by atoms with Crippen molar-refractivity contribution in [2.24, 2.45) is 17.6 Å². The van der Waals surface area contributed by atoms with E-state index in [1.807, 2.05) is 0 Å². The third kappa shape index (κ3) is 2.14. The van der Waals surface area contributed by atoms with Gasteiger partial charge in [0.15, 0.2) is 0 Å². The molecule has 0 spiro atoms. The molecule has 0 aromatic heterocycles. The zero-order valence-electron chi connectivity index (χ0n) is 10.4. The minimum Gasteiger partial charge on any atom is -0.328 e. The monoisotopic (exact) mass is 222 g/mol. The van der Waals surface area contributed by atoms with Crippen LogP contribution in [0.4, 0.5) is 0 Å². The maximum atomic E-state index is 6.01. The molecule has 1 heterocycles. The Labute approximate surface area is 99.6 Å². The Morgan fingerprint density at radius 1 is 1.00 bits per heavy atom. The summed E-state index contributed by atoms with van der Waals surface area (Å²) >= 11 is 0. The molecule has 0 radical (unpaired) electrons. The molecule has 0 aromatic carbocycles. The third-order valence-corrected chi connectivity index (χ3v) is 5.20. The second kappa shape index (κ2) is 4.66. The van der Waals surface area contributed by atoms with E-state index in [1.54, 1.807) is 0 Å². The summed E-state index contributed by atoms with van der Waals surface area (Å²) in [6.45, 7) is 2.73. The van der Waals surface area contributed by atoms with Gasteiger partial charge in [0.1, 0.15) is 0 Å². The van der Waals surface area contributed by atoms with E-state index in [0.717, 1.165) is 17.9 Å². The van der Waals surface area contributed by atoms with Crippen molar-refractivity contribution in [3.05, 3.63) is 0 Å². The number of likely N-dealkylation sites (tertiary alicyclic amines) is 1. The second-order valence-corrected chi connectivity index (χ2v) is 6.33. The fourth-order valence-corrected chi connectivity index (χ4v) is 4.34. The molecule has 3 rings (SSSR count). The zero-order valence-corrected chi connectivity index (χ0v) is 10.4. The number of hydrogen-bond acceptors (Lipinski definition) is 2. The molecule has 0 bridgehead atoms. The topological polar surface area (TPSA) is 29.3 Å². The largest absolute Gasteiger partial charge is 0.328 e. The van der Waals surface area contributed by atoms with Gasteiger partial charge in [0, 0.05) is 18.6 Å². The van der Waals surface area contributed by atoms with Crippen LogP contribution < -0.4 is 5.73 Å². The summed E-state index contributed by atoms with van der Waals surface area (Å²) in [5.41, 5.74) is 6.01. The van der Waals surface area contributed by atoms with Crippen molar-refractivity contribution in [1.82, 2.24) is 4.90 Å². The van der Waals surface area contributed by atoms with Crippen molar-refractivity contribution in [3.8, 4) is 0 Å². The maximum Gasteiger partial charge on any atom is 0.0124 e. The van der Waals surface area contributed by atoms with E-state index in [-0.39, 0.29) is 0 Å². The molecular formula is C14H26N2. The molecule has 2 N–H and O–H groups in total. The highest BCUT2D eigenvalue weighted by atomic mass is 15.2.